The molecule has 0 unspecified atom stereocenters. The van der Waals surface area contributed by atoms with Crippen LogP contribution in [-0.4, -0.2) is 52.5 Å². The lowest BCUT2D eigenvalue weighted by Crippen LogP contribution is -2.44. The van der Waals surface area contributed by atoms with Crippen molar-refractivity contribution in [1.82, 2.24) is 14.9 Å². The van der Waals surface area contributed by atoms with E-state index in [9.17, 15) is 13.2 Å². The number of hydrogen-bond donors (Lipinski definition) is 2. The zero-order valence-corrected chi connectivity index (χ0v) is 14.2. The molecule has 0 radical (unpaired) electrons. The lowest BCUT2D eigenvalue weighted by atomic mass is 9.78. The summed E-state index contributed by atoms with van der Waals surface area (Å²) in [6.45, 7) is 3.69. The summed E-state index contributed by atoms with van der Waals surface area (Å²) < 4.78 is 25.7. The largest absolute Gasteiger partial charge is 0.339 e. The maximum absolute atomic E-state index is 12.6. The molecule has 0 atom stereocenters. The Labute approximate surface area is 137 Å². The Morgan fingerprint density at radius 3 is 2.35 bits per heavy atom. The van der Waals surface area contributed by atoms with Crippen LogP contribution in [0.3, 0.4) is 0 Å². The fraction of sp³-hybridized carbons (Fsp3) is 0.562. The van der Waals surface area contributed by atoms with E-state index < -0.39 is 10.0 Å². The van der Waals surface area contributed by atoms with Crippen molar-refractivity contribution in [3.8, 4) is 0 Å². The Kier molecular flexibility index (Phi) is 4.44. The third kappa shape index (κ3) is 3.27. The molecule has 3 rings (SSSR count). The number of hydrogen-bond acceptors (Lipinski definition) is 4. The van der Waals surface area contributed by atoms with Gasteiger partial charge in [0.25, 0.3) is 5.91 Å². The van der Waals surface area contributed by atoms with Gasteiger partial charge < -0.3 is 10.2 Å². The molecule has 2 saturated heterocycles. The summed E-state index contributed by atoms with van der Waals surface area (Å²) >= 11 is 0. The van der Waals surface area contributed by atoms with Crippen LogP contribution in [0.1, 0.15) is 29.6 Å². The number of carbonyl (C=O) groups excluding carboxylic acids is 1. The highest BCUT2D eigenvalue weighted by Crippen LogP contribution is 2.37. The Hall–Kier alpha value is -1.44. The van der Waals surface area contributed by atoms with Crippen molar-refractivity contribution < 1.29 is 13.2 Å². The predicted octanol–water partition coefficient (Wildman–Crippen LogP) is 0.810. The van der Waals surface area contributed by atoms with E-state index in [0.717, 1.165) is 39.0 Å². The fourth-order valence-electron chi connectivity index (χ4n) is 3.48. The van der Waals surface area contributed by atoms with Crippen molar-refractivity contribution in [2.45, 2.75) is 24.2 Å². The third-order valence-electron chi connectivity index (χ3n) is 5.12. The number of benzene rings is 1. The third-order valence-corrected chi connectivity index (χ3v) is 6.55. The molecule has 6 nitrogen and oxygen atoms in total. The topological polar surface area (TPSA) is 78.5 Å². The SMILES string of the molecule is CNS(=O)(=O)c1ccc(C(=O)N2CCC3(CCNC3)CC2)cc1. The van der Waals surface area contributed by atoms with Gasteiger partial charge in [0.15, 0.2) is 0 Å². The van der Waals surface area contributed by atoms with Gasteiger partial charge in [-0.05, 0) is 62.5 Å². The zero-order chi connectivity index (χ0) is 16.5. The number of sulfonamides is 1. The lowest BCUT2D eigenvalue weighted by molar-refractivity contribution is 0.0607. The molecule has 1 aromatic rings. The maximum atomic E-state index is 12.6. The molecule has 1 aromatic carbocycles. The first-order valence-corrected chi connectivity index (χ1v) is 9.48. The van der Waals surface area contributed by atoms with Crippen LogP contribution < -0.4 is 10.0 Å². The molecule has 0 aromatic heterocycles. The van der Waals surface area contributed by atoms with Crippen molar-refractivity contribution in [3.63, 3.8) is 0 Å². The minimum absolute atomic E-state index is 0.0146. The van der Waals surface area contributed by atoms with Crippen molar-refractivity contribution in [2.75, 3.05) is 33.2 Å². The van der Waals surface area contributed by atoms with Gasteiger partial charge in [0, 0.05) is 25.2 Å². The molecule has 1 spiro atoms. The summed E-state index contributed by atoms with van der Waals surface area (Å²) in [5.41, 5.74) is 0.919. The molecule has 2 fully saturated rings. The van der Waals surface area contributed by atoms with E-state index in [0.29, 0.717) is 11.0 Å². The maximum Gasteiger partial charge on any atom is 0.253 e. The average molecular weight is 337 g/mol. The van der Waals surface area contributed by atoms with Gasteiger partial charge in [0.1, 0.15) is 0 Å². The lowest BCUT2D eigenvalue weighted by Gasteiger charge is -2.38. The van der Waals surface area contributed by atoms with Crippen molar-refractivity contribution in [3.05, 3.63) is 29.8 Å². The summed E-state index contributed by atoms with van der Waals surface area (Å²) in [6.07, 6.45) is 3.28. The van der Waals surface area contributed by atoms with Crippen LogP contribution in [-0.2, 0) is 10.0 Å². The number of likely N-dealkylation sites (tertiary alicyclic amines) is 1. The Morgan fingerprint density at radius 2 is 1.83 bits per heavy atom. The Morgan fingerprint density at radius 1 is 1.17 bits per heavy atom. The summed E-state index contributed by atoms with van der Waals surface area (Å²) in [5, 5.41) is 3.42. The highest BCUT2D eigenvalue weighted by molar-refractivity contribution is 7.89. The van der Waals surface area contributed by atoms with Crippen LogP contribution >= 0.6 is 0 Å². The van der Waals surface area contributed by atoms with Crippen LogP contribution in [0.15, 0.2) is 29.2 Å². The normalized spacial score (nSPS) is 20.8. The van der Waals surface area contributed by atoms with E-state index in [1.54, 1.807) is 12.1 Å². The first kappa shape index (κ1) is 16.4. The number of nitrogens with zero attached hydrogens (tertiary/aromatic N) is 1. The molecule has 1 amide bonds. The van der Waals surface area contributed by atoms with E-state index in [1.807, 2.05) is 4.90 Å². The summed E-state index contributed by atoms with van der Waals surface area (Å²) in [5.74, 6) is -0.0146. The van der Waals surface area contributed by atoms with Crippen molar-refractivity contribution in [1.29, 1.82) is 0 Å². The van der Waals surface area contributed by atoms with Gasteiger partial charge in [0.05, 0.1) is 4.90 Å². The monoisotopic (exact) mass is 337 g/mol. The van der Waals surface area contributed by atoms with Crippen molar-refractivity contribution in [2.24, 2.45) is 5.41 Å². The molecule has 23 heavy (non-hydrogen) atoms. The van der Waals surface area contributed by atoms with Gasteiger partial charge in [-0.1, -0.05) is 0 Å². The van der Waals surface area contributed by atoms with Gasteiger partial charge >= 0.3 is 0 Å². The summed E-state index contributed by atoms with van der Waals surface area (Å²) in [4.78, 5) is 14.6. The second-order valence-corrected chi connectivity index (χ2v) is 8.34. The van der Waals surface area contributed by atoms with Gasteiger partial charge in [-0.2, -0.15) is 0 Å². The van der Waals surface area contributed by atoms with Crippen LogP contribution in [0, 0.1) is 5.41 Å². The zero-order valence-electron chi connectivity index (χ0n) is 13.3. The molecule has 0 aliphatic carbocycles. The molecule has 7 heteroatoms. The molecule has 2 aliphatic rings. The second kappa shape index (κ2) is 6.22. The van der Waals surface area contributed by atoms with Crippen LogP contribution in [0.25, 0.3) is 0 Å². The average Bonchev–Trinajstić information content (AvgIpc) is 3.03. The number of nitrogens with one attached hydrogen (secondary N) is 2. The van der Waals surface area contributed by atoms with Gasteiger partial charge in [-0.25, -0.2) is 13.1 Å². The first-order chi connectivity index (χ1) is 11.0. The fourth-order valence-corrected chi connectivity index (χ4v) is 4.21. The number of rotatable bonds is 3. The van der Waals surface area contributed by atoms with E-state index >= 15 is 0 Å². The summed E-state index contributed by atoms with van der Waals surface area (Å²) in [6, 6.07) is 6.14. The Bertz CT molecular complexity index is 669. The van der Waals surface area contributed by atoms with Crippen LogP contribution in [0.5, 0.6) is 0 Å². The van der Waals surface area contributed by atoms with Crippen LogP contribution in [0.2, 0.25) is 0 Å². The summed E-state index contributed by atoms with van der Waals surface area (Å²) in [7, 11) is -2.09. The smallest absolute Gasteiger partial charge is 0.253 e. The molecular formula is C16H23N3O3S. The number of carbonyl (C=O) groups is 1. The van der Waals surface area contributed by atoms with E-state index in [2.05, 4.69) is 10.0 Å². The number of amides is 1. The van der Waals surface area contributed by atoms with Crippen LogP contribution in [0.4, 0.5) is 0 Å². The molecule has 0 bridgehead atoms. The molecular weight excluding hydrogens is 314 g/mol. The molecule has 2 aliphatic heterocycles. The van der Waals surface area contributed by atoms with Gasteiger partial charge in [-0.15, -0.1) is 0 Å². The minimum atomic E-state index is -3.46. The number of piperidine rings is 1. The second-order valence-electron chi connectivity index (χ2n) is 6.45. The molecule has 2 heterocycles. The molecule has 0 saturated carbocycles. The highest BCUT2D eigenvalue weighted by Gasteiger charge is 2.38. The van der Waals surface area contributed by atoms with Gasteiger partial charge in [0.2, 0.25) is 10.0 Å². The predicted molar refractivity (Wildman–Crippen MR) is 87.7 cm³/mol. The highest BCUT2D eigenvalue weighted by atomic mass is 32.2. The first-order valence-electron chi connectivity index (χ1n) is 7.99. The van der Waals surface area contributed by atoms with Gasteiger partial charge in [-0.3, -0.25) is 4.79 Å². The Balaban J connectivity index is 1.67. The van der Waals surface area contributed by atoms with E-state index in [4.69, 9.17) is 0 Å². The minimum Gasteiger partial charge on any atom is -0.339 e. The van der Waals surface area contributed by atoms with E-state index in [-0.39, 0.29) is 10.8 Å². The molecule has 126 valence electrons. The van der Waals surface area contributed by atoms with Crippen molar-refractivity contribution >= 4 is 15.9 Å². The van der Waals surface area contributed by atoms with E-state index in [1.165, 1.54) is 25.6 Å². The quantitative estimate of drug-likeness (QED) is 0.856. The standard InChI is InChI=1S/C16H23N3O3S/c1-17-23(21,22)14-4-2-13(3-5-14)15(20)19-10-7-16(8-11-19)6-9-18-12-16/h2-5,17-18H,6-12H2,1H3. The molecule has 2 N–H and O–H groups in total.